The Balaban J connectivity index is 0.000000124. The summed E-state index contributed by atoms with van der Waals surface area (Å²) < 4.78 is 46.5. The molecule has 0 aliphatic heterocycles. The molecule has 12 heterocycles. The van der Waals surface area contributed by atoms with Gasteiger partial charge in [-0.2, -0.15) is 43.8 Å². The molecule has 0 aromatic carbocycles. The van der Waals surface area contributed by atoms with Crippen LogP contribution in [0.2, 0.25) is 0 Å². The first-order chi connectivity index (χ1) is 43.7. The maximum atomic E-state index is 13.8. The molecule has 3 N–H and O–H groups in total. The Labute approximate surface area is 516 Å². The third kappa shape index (κ3) is 12.6. The van der Waals surface area contributed by atoms with Gasteiger partial charge in [0.05, 0.1) is 37.2 Å². The van der Waals surface area contributed by atoms with Gasteiger partial charge in [0.2, 0.25) is 17.8 Å². The zero-order valence-electron chi connectivity index (χ0n) is 50.6. The van der Waals surface area contributed by atoms with Crippen molar-refractivity contribution >= 4 is 34.8 Å². The third-order valence-corrected chi connectivity index (χ3v) is 16.5. The van der Waals surface area contributed by atoms with E-state index in [1.165, 1.54) is 53.5 Å². The van der Waals surface area contributed by atoms with E-state index < -0.39 is 17.5 Å². The Morgan fingerprint density at radius 3 is 0.978 bits per heavy atom. The Morgan fingerprint density at radius 2 is 0.700 bits per heavy atom. The summed E-state index contributed by atoms with van der Waals surface area (Å²) in [5.74, 6) is 2.57. The fraction of sp³-hybridized carbons (Fsp3) is 0.318. The molecule has 0 bridgehead atoms. The molecule has 456 valence electrons. The standard InChI is InChI=1S/3C22H22FN7/c3*1-13(2)18-12-26-30-21(18)28-20(15-8-16(23)11-24-10-15)29-22(30)27-17-5-6-19-14(9-17)4-3-7-25-19/h3*3-4,7-8,10-13,17H,5-6,9H2,1-2H3,(H,27,28,29)/t2*17-;/m10./s1. The van der Waals surface area contributed by atoms with Crippen LogP contribution in [0.5, 0.6) is 0 Å². The average molecular weight is 1210 g/mol. The van der Waals surface area contributed by atoms with Crippen LogP contribution in [0.25, 0.3) is 51.1 Å². The zero-order chi connectivity index (χ0) is 62.0. The number of aryl methyl sites for hydroxylation is 3. The van der Waals surface area contributed by atoms with Crippen molar-refractivity contribution in [3.8, 4) is 34.2 Å². The van der Waals surface area contributed by atoms with Crippen LogP contribution >= 0.6 is 0 Å². The van der Waals surface area contributed by atoms with E-state index >= 15 is 0 Å². The van der Waals surface area contributed by atoms with E-state index in [4.69, 9.17) is 29.9 Å². The highest BCUT2D eigenvalue weighted by Crippen LogP contribution is 2.31. The van der Waals surface area contributed by atoms with Crippen LogP contribution in [0.4, 0.5) is 31.0 Å². The molecule has 3 aliphatic carbocycles. The molecular formula is C66H66F3N21. The Hall–Kier alpha value is -10.3. The van der Waals surface area contributed by atoms with Gasteiger partial charge in [-0.3, -0.25) is 29.9 Å². The van der Waals surface area contributed by atoms with Gasteiger partial charge in [0.15, 0.2) is 34.4 Å². The summed E-state index contributed by atoms with van der Waals surface area (Å²) in [5.41, 5.74) is 14.1. The zero-order valence-corrected chi connectivity index (χ0v) is 50.6. The molecular weight excluding hydrogens is 1140 g/mol. The number of hydrogen-bond acceptors (Lipinski definition) is 18. The fourth-order valence-electron chi connectivity index (χ4n) is 11.8. The van der Waals surface area contributed by atoms with E-state index in [2.05, 4.69) is 121 Å². The lowest BCUT2D eigenvalue weighted by atomic mass is 9.92. The van der Waals surface area contributed by atoms with Crippen LogP contribution in [0.3, 0.4) is 0 Å². The van der Waals surface area contributed by atoms with Crippen molar-refractivity contribution in [3.63, 3.8) is 0 Å². The van der Waals surface area contributed by atoms with Crippen LogP contribution in [0, 0.1) is 17.5 Å². The second kappa shape index (κ2) is 25.5. The van der Waals surface area contributed by atoms with Crippen molar-refractivity contribution in [2.75, 3.05) is 16.0 Å². The molecule has 15 rings (SSSR count). The van der Waals surface area contributed by atoms with Crippen LogP contribution in [0.15, 0.2) is 129 Å². The Kier molecular flexibility index (Phi) is 16.6. The average Bonchev–Trinajstić information content (AvgIpc) is 1.69. The molecule has 0 saturated carbocycles. The number of nitrogens with one attached hydrogen (secondary N) is 3. The molecule has 0 radical (unpaired) electrons. The van der Waals surface area contributed by atoms with Crippen LogP contribution in [0.1, 0.15) is 129 Å². The van der Waals surface area contributed by atoms with Gasteiger partial charge in [-0.05, 0) is 129 Å². The SMILES string of the molecule is CC(C)c1cnn2c(NC3CCc4ncccc4C3)nc(-c3cncc(F)c3)nc12.CC(C)c1cnn2c(N[C@@H]3CCc4ncccc4C3)nc(-c3cncc(F)c3)nc12.CC(C)c1cnn2c(N[C@H]3CCc4ncccc4C3)nc(-c3cncc(F)c3)nc12. The first kappa shape index (κ1) is 58.7. The number of aromatic nitrogens is 18. The van der Waals surface area contributed by atoms with Gasteiger partial charge in [-0.1, -0.05) is 59.7 Å². The van der Waals surface area contributed by atoms with Crippen molar-refractivity contribution in [3.05, 3.63) is 197 Å². The summed E-state index contributed by atoms with van der Waals surface area (Å²) in [6.07, 6.45) is 27.5. The molecule has 12 aromatic rings. The number of nitrogens with zero attached hydrogens (tertiary/aromatic N) is 18. The molecule has 3 atom stereocenters. The van der Waals surface area contributed by atoms with Crippen molar-refractivity contribution < 1.29 is 13.2 Å². The highest BCUT2D eigenvalue weighted by molar-refractivity contribution is 5.65. The molecule has 0 saturated heterocycles. The van der Waals surface area contributed by atoms with Gasteiger partial charge in [0.25, 0.3) is 0 Å². The first-order valence-electron chi connectivity index (χ1n) is 30.4. The van der Waals surface area contributed by atoms with Crippen LogP contribution in [-0.4, -0.2) is 107 Å². The predicted molar refractivity (Wildman–Crippen MR) is 335 cm³/mol. The monoisotopic (exact) mass is 1210 g/mol. The van der Waals surface area contributed by atoms with Gasteiger partial charge < -0.3 is 16.0 Å². The summed E-state index contributed by atoms with van der Waals surface area (Å²) in [4.78, 5) is 53.4. The molecule has 3 aliphatic rings. The summed E-state index contributed by atoms with van der Waals surface area (Å²) in [6.45, 7) is 12.6. The van der Waals surface area contributed by atoms with Crippen molar-refractivity contribution in [1.29, 1.82) is 0 Å². The second-order valence-electron chi connectivity index (χ2n) is 23.8. The van der Waals surface area contributed by atoms with Gasteiger partial charge >= 0.3 is 0 Å². The van der Waals surface area contributed by atoms with Crippen LogP contribution < -0.4 is 16.0 Å². The predicted octanol–water partition coefficient (Wildman–Crippen LogP) is 11.4. The first-order valence-corrected chi connectivity index (χ1v) is 30.4. The lowest BCUT2D eigenvalue weighted by Gasteiger charge is -2.25. The normalized spacial score (nSPS) is 16.1. The van der Waals surface area contributed by atoms with Crippen molar-refractivity contribution in [2.45, 2.75) is 135 Å². The Morgan fingerprint density at radius 1 is 0.400 bits per heavy atom. The maximum absolute atomic E-state index is 13.8. The van der Waals surface area contributed by atoms with Crippen molar-refractivity contribution in [2.24, 2.45) is 0 Å². The molecule has 24 heteroatoms. The second-order valence-corrected chi connectivity index (χ2v) is 23.8. The largest absolute Gasteiger partial charge is 0.351 e. The van der Waals surface area contributed by atoms with Gasteiger partial charge in [-0.25, -0.2) is 28.1 Å². The molecule has 1 unspecified atom stereocenters. The minimum absolute atomic E-state index is 0.199. The lowest BCUT2D eigenvalue weighted by molar-refractivity contribution is 0.591. The van der Waals surface area contributed by atoms with E-state index in [0.29, 0.717) is 52.0 Å². The quantitative estimate of drug-likeness (QED) is 0.103. The van der Waals surface area contributed by atoms with Gasteiger partial charge in [0, 0.05) is 106 Å². The highest BCUT2D eigenvalue weighted by atomic mass is 19.1. The van der Waals surface area contributed by atoms with E-state index in [-0.39, 0.29) is 35.9 Å². The summed E-state index contributed by atoms with van der Waals surface area (Å²) >= 11 is 0. The number of rotatable bonds is 12. The lowest BCUT2D eigenvalue weighted by Crippen LogP contribution is -2.29. The summed E-state index contributed by atoms with van der Waals surface area (Å²) in [6, 6.07) is 17.1. The maximum Gasteiger partial charge on any atom is 0.228 e. The molecule has 12 aromatic heterocycles. The molecule has 0 amide bonds. The Bertz CT molecular complexity index is 4110. The van der Waals surface area contributed by atoms with E-state index in [9.17, 15) is 13.2 Å². The minimum atomic E-state index is -0.417. The molecule has 90 heavy (non-hydrogen) atoms. The van der Waals surface area contributed by atoms with E-state index in [0.717, 1.165) is 109 Å². The minimum Gasteiger partial charge on any atom is -0.351 e. The number of fused-ring (bicyclic) bond motifs is 6. The fourth-order valence-corrected chi connectivity index (χ4v) is 11.8. The number of halogens is 3. The topological polar surface area (TPSA) is 243 Å². The van der Waals surface area contributed by atoms with Gasteiger partial charge in [0.1, 0.15) is 17.5 Å². The smallest absolute Gasteiger partial charge is 0.228 e. The molecule has 21 nitrogen and oxygen atoms in total. The number of hydrogen-bond donors (Lipinski definition) is 3. The number of anilines is 3. The third-order valence-electron chi connectivity index (χ3n) is 16.5. The summed E-state index contributed by atoms with van der Waals surface area (Å²) in [5, 5.41) is 24.2. The van der Waals surface area contributed by atoms with E-state index in [1.54, 1.807) is 32.1 Å². The highest BCUT2D eigenvalue weighted by Gasteiger charge is 2.27. The molecule has 0 fully saturated rings. The number of pyridine rings is 6. The van der Waals surface area contributed by atoms with Gasteiger partial charge in [-0.15, -0.1) is 0 Å². The van der Waals surface area contributed by atoms with Crippen molar-refractivity contribution in [1.82, 2.24) is 88.6 Å². The van der Waals surface area contributed by atoms with Crippen LogP contribution in [-0.2, 0) is 38.5 Å². The molecule has 0 spiro atoms. The van der Waals surface area contributed by atoms with E-state index in [1.807, 2.05) is 55.4 Å². The summed E-state index contributed by atoms with van der Waals surface area (Å²) in [7, 11) is 0.